The first-order valence-corrected chi connectivity index (χ1v) is 5.83. The largest absolute Gasteiger partial charge is 0.370 e. The third-order valence-corrected chi connectivity index (χ3v) is 2.57. The van der Waals surface area contributed by atoms with Crippen LogP contribution in [0.25, 0.3) is 0 Å². The summed E-state index contributed by atoms with van der Waals surface area (Å²) in [6.45, 7) is 3.03. The first-order valence-electron chi connectivity index (χ1n) is 5.45. The van der Waals surface area contributed by atoms with Crippen LogP contribution in [-0.4, -0.2) is 28.4 Å². The molecule has 0 spiro atoms. The molecule has 1 aromatic heterocycles. The van der Waals surface area contributed by atoms with Crippen LogP contribution in [0.5, 0.6) is 0 Å². The van der Waals surface area contributed by atoms with Gasteiger partial charge in [-0.25, -0.2) is 0 Å². The molecule has 0 radical (unpaired) electrons. The predicted molar refractivity (Wildman–Crippen MR) is 69.5 cm³/mol. The van der Waals surface area contributed by atoms with E-state index in [1.54, 1.807) is 25.4 Å². The molecule has 0 atom stereocenters. The fourth-order valence-corrected chi connectivity index (χ4v) is 1.58. The van der Waals surface area contributed by atoms with Crippen molar-refractivity contribution in [3.8, 4) is 0 Å². The van der Waals surface area contributed by atoms with Gasteiger partial charge in [0.15, 0.2) is 5.82 Å². The molecule has 0 saturated heterocycles. The van der Waals surface area contributed by atoms with Crippen molar-refractivity contribution in [1.29, 1.82) is 0 Å². The third-order valence-electron chi connectivity index (χ3n) is 2.35. The van der Waals surface area contributed by atoms with Crippen molar-refractivity contribution >= 4 is 11.6 Å². The van der Waals surface area contributed by atoms with E-state index in [1.807, 2.05) is 11.8 Å². The van der Waals surface area contributed by atoms with Gasteiger partial charge in [-0.1, -0.05) is 11.6 Å². The summed E-state index contributed by atoms with van der Waals surface area (Å²) >= 11 is 5.75. The molecule has 0 fully saturated rings. The summed E-state index contributed by atoms with van der Waals surface area (Å²) in [5, 5.41) is 13.9. The Labute approximate surface area is 110 Å². The van der Waals surface area contributed by atoms with Gasteiger partial charge in [0, 0.05) is 19.8 Å². The number of rotatable bonds is 6. The van der Waals surface area contributed by atoms with E-state index in [4.69, 9.17) is 11.6 Å². The lowest BCUT2D eigenvalue weighted by molar-refractivity contribution is -0.404. The molecule has 6 nitrogen and oxygen atoms in total. The second kappa shape index (κ2) is 6.80. The van der Waals surface area contributed by atoms with Gasteiger partial charge in [0.1, 0.15) is 0 Å². The van der Waals surface area contributed by atoms with E-state index in [9.17, 15) is 10.1 Å². The molecule has 18 heavy (non-hydrogen) atoms. The Balaban J connectivity index is 2.83. The van der Waals surface area contributed by atoms with Crippen LogP contribution < -0.4 is 5.32 Å². The van der Waals surface area contributed by atoms with Gasteiger partial charge in [0.25, 0.3) is 6.20 Å². The second-order valence-corrected chi connectivity index (χ2v) is 3.97. The Morgan fingerprint density at radius 2 is 2.39 bits per heavy atom. The van der Waals surface area contributed by atoms with Gasteiger partial charge in [-0.05, 0) is 19.1 Å². The summed E-state index contributed by atoms with van der Waals surface area (Å²) < 4.78 is 0. The van der Waals surface area contributed by atoms with E-state index in [0.29, 0.717) is 23.9 Å². The van der Waals surface area contributed by atoms with Crippen molar-refractivity contribution in [3.63, 3.8) is 0 Å². The number of hydrogen-bond donors (Lipinski definition) is 1. The number of nitrogens with zero attached hydrogens (tertiary/aromatic N) is 3. The molecule has 7 heteroatoms. The standard InChI is InChI=1S/C11H15ClN4O2/c1-3-15(11(13-2)8-16(17)18)7-10-5-4-9(12)6-14-10/h4-6,8,13H,3,7H2,1-2H3/b11-8+. The van der Waals surface area contributed by atoms with Crippen molar-refractivity contribution < 1.29 is 4.92 Å². The van der Waals surface area contributed by atoms with Gasteiger partial charge in [-0.15, -0.1) is 0 Å². The molecule has 0 amide bonds. The van der Waals surface area contributed by atoms with E-state index >= 15 is 0 Å². The van der Waals surface area contributed by atoms with Gasteiger partial charge < -0.3 is 10.2 Å². The van der Waals surface area contributed by atoms with Crippen LogP contribution in [0.15, 0.2) is 30.4 Å². The first-order chi connectivity index (χ1) is 8.56. The summed E-state index contributed by atoms with van der Waals surface area (Å²) in [6, 6.07) is 3.54. The normalized spacial score (nSPS) is 11.2. The van der Waals surface area contributed by atoms with Crippen LogP contribution in [0, 0.1) is 10.1 Å². The molecule has 1 N–H and O–H groups in total. The molecule has 0 aromatic carbocycles. The lowest BCUT2D eigenvalue weighted by atomic mass is 10.3. The Bertz CT molecular complexity index is 433. The number of pyridine rings is 1. The number of nitro groups is 1. The molecule has 1 rings (SSSR count). The zero-order valence-corrected chi connectivity index (χ0v) is 11.0. The van der Waals surface area contributed by atoms with E-state index in [0.717, 1.165) is 11.9 Å². The van der Waals surface area contributed by atoms with Crippen LogP contribution in [-0.2, 0) is 6.54 Å². The topological polar surface area (TPSA) is 71.3 Å². The summed E-state index contributed by atoms with van der Waals surface area (Å²) in [5.74, 6) is 0.444. The van der Waals surface area contributed by atoms with Crippen LogP contribution in [0.4, 0.5) is 0 Å². The highest BCUT2D eigenvalue weighted by Gasteiger charge is 2.11. The van der Waals surface area contributed by atoms with Crippen molar-refractivity contribution in [2.45, 2.75) is 13.5 Å². The van der Waals surface area contributed by atoms with Crippen molar-refractivity contribution in [1.82, 2.24) is 15.2 Å². The quantitative estimate of drug-likeness (QED) is 0.631. The smallest absolute Gasteiger partial charge is 0.274 e. The van der Waals surface area contributed by atoms with Crippen LogP contribution >= 0.6 is 11.6 Å². The van der Waals surface area contributed by atoms with Gasteiger partial charge in [0.2, 0.25) is 0 Å². The zero-order valence-electron chi connectivity index (χ0n) is 10.3. The molecule has 0 unspecified atom stereocenters. The summed E-state index contributed by atoms with van der Waals surface area (Å²) in [5.41, 5.74) is 0.797. The van der Waals surface area contributed by atoms with Crippen molar-refractivity contribution in [2.24, 2.45) is 0 Å². The summed E-state index contributed by atoms with van der Waals surface area (Å²) in [7, 11) is 1.65. The van der Waals surface area contributed by atoms with Crippen molar-refractivity contribution in [2.75, 3.05) is 13.6 Å². The molecule has 1 aromatic rings. The van der Waals surface area contributed by atoms with E-state index in [2.05, 4.69) is 10.3 Å². The maximum absolute atomic E-state index is 10.5. The Kier molecular flexibility index (Phi) is 5.38. The monoisotopic (exact) mass is 270 g/mol. The fourth-order valence-electron chi connectivity index (χ4n) is 1.47. The third kappa shape index (κ3) is 4.21. The Hall–Kier alpha value is -1.82. The SMILES string of the molecule is CCN(Cc1ccc(Cl)cn1)/C(=C/[N+](=O)[O-])NC. The molecular weight excluding hydrogens is 256 g/mol. The lowest BCUT2D eigenvalue weighted by Gasteiger charge is -2.23. The lowest BCUT2D eigenvalue weighted by Crippen LogP contribution is -2.30. The first kappa shape index (κ1) is 14.2. The molecule has 98 valence electrons. The number of halogens is 1. The highest BCUT2D eigenvalue weighted by atomic mass is 35.5. The highest BCUT2D eigenvalue weighted by molar-refractivity contribution is 6.30. The van der Waals surface area contributed by atoms with Gasteiger partial charge in [0.05, 0.1) is 22.2 Å². The minimum Gasteiger partial charge on any atom is -0.370 e. The Morgan fingerprint density at radius 1 is 1.67 bits per heavy atom. The number of hydrogen-bond acceptors (Lipinski definition) is 5. The van der Waals surface area contributed by atoms with E-state index in [1.165, 1.54) is 0 Å². The fraction of sp³-hybridized carbons (Fsp3) is 0.364. The molecule has 0 aliphatic heterocycles. The number of aromatic nitrogens is 1. The number of nitrogens with one attached hydrogen (secondary N) is 1. The zero-order chi connectivity index (χ0) is 13.5. The maximum atomic E-state index is 10.5. The molecule has 0 aliphatic carbocycles. The molecule has 0 bridgehead atoms. The van der Waals surface area contributed by atoms with Crippen molar-refractivity contribution in [3.05, 3.63) is 51.2 Å². The van der Waals surface area contributed by atoms with Crippen LogP contribution in [0.1, 0.15) is 12.6 Å². The minimum atomic E-state index is -0.482. The van der Waals surface area contributed by atoms with Crippen LogP contribution in [0.2, 0.25) is 5.02 Å². The molecule has 1 heterocycles. The average Bonchev–Trinajstić information content (AvgIpc) is 2.35. The Morgan fingerprint density at radius 3 is 2.83 bits per heavy atom. The average molecular weight is 271 g/mol. The maximum Gasteiger partial charge on any atom is 0.274 e. The van der Waals surface area contributed by atoms with E-state index in [-0.39, 0.29) is 0 Å². The van der Waals surface area contributed by atoms with E-state index < -0.39 is 4.92 Å². The summed E-state index contributed by atoms with van der Waals surface area (Å²) in [4.78, 5) is 16.0. The van der Waals surface area contributed by atoms with Crippen LogP contribution in [0.3, 0.4) is 0 Å². The second-order valence-electron chi connectivity index (χ2n) is 3.53. The molecule has 0 saturated carbocycles. The molecular formula is C11H15ClN4O2. The molecule has 0 aliphatic rings. The summed E-state index contributed by atoms with van der Waals surface area (Å²) in [6.07, 6.45) is 2.50. The highest BCUT2D eigenvalue weighted by Crippen LogP contribution is 2.10. The van der Waals surface area contributed by atoms with Gasteiger partial charge in [-0.2, -0.15) is 0 Å². The predicted octanol–water partition coefficient (Wildman–Crippen LogP) is 1.85. The minimum absolute atomic E-state index is 0.444. The van der Waals surface area contributed by atoms with Gasteiger partial charge in [-0.3, -0.25) is 15.1 Å². The van der Waals surface area contributed by atoms with Gasteiger partial charge >= 0.3 is 0 Å².